The molecular weight excluding hydrogens is 372 g/mol. The van der Waals surface area contributed by atoms with Gasteiger partial charge in [0.1, 0.15) is 5.60 Å². The summed E-state index contributed by atoms with van der Waals surface area (Å²) in [6.07, 6.45) is 12.8. The van der Waals surface area contributed by atoms with Gasteiger partial charge in [-0.1, -0.05) is 34.6 Å². The van der Waals surface area contributed by atoms with Crippen LogP contribution in [-0.2, 0) is 14.3 Å². The van der Waals surface area contributed by atoms with Gasteiger partial charge < -0.3 is 9.47 Å². The van der Waals surface area contributed by atoms with Crippen LogP contribution in [0.3, 0.4) is 0 Å². The number of esters is 1. The summed E-state index contributed by atoms with van der Waals surface area (Å²) in [5.74, 6) is 2.04. The van der Waals surface area contributed by atoms with E-state index in [2.05, 4.69) is 34.6 Å². The number of carbonyl (C=O) groups is 1. The molecule has 6 aliphatic rings. The van der Waals surface area contributed by atoms with Gasteiger partial charge in [-0.25, -0.2) is 0 Å². The first kappa shape index (κ1) is 20.1. The van der Waals surface area contributed by atoms with Crippen LogP contribution >= 0.6 is 0 Å². The van der Waals surface area contributed by atoms with Crippen LogP contribution in [0.5, 0.6) is 0 Å². The van der Waals surface area contributed by atoms with Crippen molar-refractivity contribution >= 4 is 5.97 Å². The van der Waals surface area contributed by atoms with Crippen LogP contribution in [-0.4, -0.2) is 24.8 Å². The number of fused-ring (bicyclic) bond motifs is 3. The zero-order chi connectivity index (χ0) is 21.4. The van der Waals surface area contributed by atoms with Crippen LogP contribution in [0.2, 0.25) is 0 Å². The monoisotopic (exact) mass is 414 g/mol. The number of ether oxygens (including phenoxy) is 2. The minimum atomic E-state index is -0.202. The molecule has 9 atom stereocenters. The van der Waals surface area contributed by atoms with E-state index in [-0.39, 0.29) is 22.4 Å². The van der Waals surface area contributed by atoms with E-state index in [1.54, 1.807) is 0 Å². The molecule has 5 saturated carbocycles. The van der Waals surface area contributed by atoms with Gasteiger partial charge in [-0.05, 0) is 91.3 Å². The highest BCUT2D eigenvalue weighted by Gasteiger charge is 2.84. The lowest BCUT2D eigenvalue weighted by atomic mass is 9.41. The Labute approximate surface area is 183 Å². The molecule has 168 valence electrons. The Balaban J connectivity index is 1.39. The van der Waals surface area contributed by atoms with Gasteiger partial charge in [0.15, 0.2) is 0 Å². The second kappa shape index (κ2) is 5.49. The lowest BCUT2D eigenvalue weighted by Crippen LogP contribution is -2.61. The maximum Gasteiger partial charge on any atom is 0.306 e. The zero-order valence-electron chi connectivity index (χ0n) is 20.1. The van der Waals surface area contributed by atoms with E-state index in [4.69, 9.17) is 9.47 Å². The number of hydrogen-bond acceptors (Lipinski definition) is 3. The Kier molecular flexibility index (Phi) is 3.67. The Bertz CT molecular complexity index is 804. The molecule has 0 aromatic rings. The molecule has 0 radical (unpaired) electrons. The summed E-state index contributed by atoms with van der Waals surface area (Å²) in [5.41, 5.74) is 1.64. The SMILES string of the molecule is CO[C@@H]1CC[C@]23C[C@]24CC[C@@]2(C)[C@@](C)(CC[C@@]25OC(=O)C[C@H]5C)[C@@H]4CC[C@H]3C1(C)C. The van der Waals surface area contributed by atoms with Crippen molar-refractivity contribution in [1.82, 2.24) is 0 Å². The predicted molar refractivity (Wildman–Crippen MR) is 117 cm³/mol. The predicted octanol–water partition coefficient (Wildman–Crippen LogP) is 6.15. The van der Waals surface area contributed by atoms with E-state index in [0.717, 1.165) is 18.3 Å². The first-order chi connectivity index (χ1) is 14.0. The van der Waals surface area contributed by atoms with Crippen molar-refractivity contribution in [3.05, 3.63) is 0 Å². The van der Waals surface area contributed by atoms with Gasteiger partial charge in [0.05, 0.1) is 12.5 Å². The van der Waals surface area contributed by atoms with Gasteiger partial charge >= 0.3 is 5.97 Å². The maximum atomic E-state index is 12.4. The van der Waals surface area contributed by atoms with Crippen LogP contribution in [0.15, 0.2) is 0 Å². The highest BCUT2D eigenvalue weighted by atomic mass is 16.6. The first-order valence-electron chi connectivity index (χ1n) is 12.8. The minimum absolute atomic E-state index is 0.0551. The normalized spacial score (nSPS) is 60.4. The van der Waals surface area contributed by atoms with Gasteiger partial charge in [-0.3, -0.25) is 4.79 Å². The van der Waals surface area contributed by atoms with Crippen molar-refractivity contribution in [3.63, 3.8) is 0 Å². The molecule has 0 bridgehead atoms. The van der Waals surface area contributed by atoms with Gasteiger partial charge in [0.25, 0.3) is 0 Å². The Morgan fingerprint density at radius 3 is 2.27 bits per heavy atom. The van der Waals surface area contributed by atoms with E-state index >= 15 is 0 Å². The molecule has 0 N–H and O–H groups in total. The van der Waals surface area contributed by atoms with Crippen LogP contribution in [0.1, 0.15) is 98.8 Å². The fourth-order valence-corrected chi connectivity index (χ4v) is 11.5. The van der Waals surface area contributed by atoms with E-state index < -0.39 is 0 Å². The molecular formula is C27H42O3. The molecule has 3 spiro atoms. The van der Waals surface area contributed by atoms with Gasteiger partial charge in [-0.15, -0.1) is 0 Å². The van der Waals surface area contributed by atoms with Crippen molar-refractivity contribution < 1.29 is 14.3 Å². The lowest BCUT2D eigenvalue weighted by Gasteiger charge is -2.64. The molecule has 30 heavy (non-hydrogen) atoms. The number of hydrogen-bond donors (Lipinski definition) is 0. The molecule has 3 nitrogen and oxygen atoms in total. The van der Waals surface area contributed by atoms with Crippen LogP contribution < -0.4 is 0 Å². The van der Waals surface area contributed by atoms with Crippen LogP contribution in [0.25, 0.3) is 0 Å². The van der Waals surface area contributed by atoms with Crippen molar-refractivity contribution in [1.29, 1.82) is 0 Å². The summed E-state index contributed by atoms with van der Waals surface area (Å²) in [6, 6.07) is 0. The molecule has 1 aliphatic heterocycles. The third-order valence-corrected chi connectivity index (χ3v) is 13.1. The first-order valence-corrected chi connectivity index (χ1v) is 12.8. The second-order valence-electron chi connectivity index (χ2n) is 13.5. The third kappa shape index (κ3) is 1.83. The third-order valence-electron chi connectivity index (χ3n) is 13.1. The molecule has 0 aromatic heterocycles. The zero-order valence-corrected chi connectivity index (χ0v) is 20.1. The fourth-order valence-electron chi connectivity index (χ4n) is 11.5. The Morgan fingerprint density at radius 2 is 1.60 bits per heavy atom. The molecule has 5 aliphatic carbocycles. The van der Waals surface area contributed by atoms with Gasteiger partial charge in [0, 0.05) is 18.4 Å². The lowest BCUT2D eigenvalue weighted by molar-refractivity contribution is -0.203. The molecule has 1 heterocycles. The highest BCUT2D eigenvalue weighted by Crippen LogP contribution is 2.89. The average Bonchev–Trinajstić information content (AvgIpc) is 3.16. The maximum absolute atomic E-state index is 12.4. The van der Waals surface area contributed by atoms with Crippen molar-refractivity contribution in [2.75, 3.05) is 7.11 Å². The molecule has 6 fully saturated rings. The van der Waals surface area contributed by atoms with Crippen molar-refractivity contribution in [2.45, 2.75) is 111 Å². The molecule has 0 unspecified atom stereocenters. The average molecular weight is 415 g/mol. The van der Waals surface area contributed by atoms with Crippen LogP contribution in [0.4, 0.5) is 0 Å². The number of carbonyl (C=O) groups excluding carboxylic acids is 1. The molecule has 3 heteroatoms. The minimum Gasteiger partial charge on any atom is -0.458 e. The van der Waals surface area contributed by atoms with Gasteiger partial charge in [-0.2, -0.15) is 0 Å². The molecule has 1 saturated heterocycles. The quantitative estimate of drug-likeness (QED) is 0.483. The van der Waals surface area contributed by atoms with E-state index in [9.17, 15) is 4.79 Å². The molecule has 0 amide bonds. The smallest absolute Gasteiger partial charge is 0.306 e. The van der Waals surface area contributed by atoms with E-state index in [1.165, 1.54) is 51.4 Å². The topological polar surface area (TPSA) is 35.5 Å². The highest BCUT2D eigenvalue weighted by molar-refractivity contribution is 5.73. The second-order valence-corrected chi connectivity index (χ2v) is 13.5. The Morgan fingerprint density at radius 1 is 0.900 bits per heavy atom. The van der Waals surface area contributed by atoms with Crippen LogP contribution in [0, 0.1) is 44.8 Å². The largest absolute Gasteiger partial charge is 0.458 e. The summed E-state index contributed by atoms with van der Waals surface area (Å²) in [4.78, 5) is 12.4. The molecule has 6 rings (SSSR count). The summed E-state index contributed by atoms with van der Waals surface area (Å²) in [5, 5.41) is 0. The summed E-state index contributed by atoms with van der Waals surface area (Å²) >= 11 is 0. The van der Waals surface area contributed by atoms with Crippen molar-refractivity contribution in [2.24, 2.45) is 44.8 Å². The summed E-state index contributed by atoms with van der Waals surface area (Å²) in [7, 11) is 1.92. The fraction of sp³-hybridized carbons (Fsp3) is 0.963. The summed E-state index contributed by atoms with van der Waals surface area (Å²) in [6.45, 7) is 12.4. The standard InChI is InChI=1S/C27H42O3/c1-17-15-21(28)30-27(17)14-11-23(4)19-8-7-18-22(2,3)20(29-6)9-10-25(18)16-26(19,25)13-12-24(23,27)5/h17-20H,7-16H2,1-6H3/t17-,18+,19+,20-,23+,24+,25-,26+,27+/m1/s1. The van der Waals surface area contributed by atoms with E-state index in [1.807, 2.05) is 7.11 Å². The van der Waals surface area contributed by atoms with E-state index in [0.29, 0.717) is 34.7 Å². The Hall–Kier alpha value is -0.570. The van der Waals surface area contributed by atoms with Crippen molar-refractivity contribution in [3.8, 4) is 0 Å². The molecule has 0 aromatic carbocycles. The number of methoxy groups -OCH3 is 1. The van der Waals surface area contributed by atoms with Gasteiger partial charge in [0.2, 0.25) is 0 Å². The number of rotatable bonds is 1. The summed E-state index contributed by atoms with van der Waals surface area (Å²) < 4.78 is 12.3.